The maximum atomic E-state index is 11.8. The van der Waals surface area contributed by atoms with Crippen LogP contribution in [0.4, 0.5) is 0 Å². The third-order valence-corrected chi connectivity index (χ3v) is 3.82. The van der Waals surface area contributed by atoms with E-state index in [1.165, 1.54) is 11.1 Å². The minimum absolute atomic E-state index is 0.0175. The summed E-state index contributed by atoms with van der Waals surface area (Å²) in [5.74, 6) is 0.0870. The molecule has 1 saturated heterocycles. The van der Waals surface area contributed by atoms with E-state index in [-0.39, 0.29) is 24.0 Å². The molecule has 1 aliphatic rings. The molecule has 0 radical (unpaired) electrons. The topological polar surface area (TPSA) is 58.4 Å². The van der Waals surface area contributed by atoms with E-state index < -0.39 is 0 Å². The molecule has 1 aliphatic heterocycles. The molecule has 0 bridgehead atoms. The minimum Gasteiger partial charge on any atom is -0.353 e. The van der Waals surface area contributed by atoms with Crippen molar-refractivity contribution in [1.82, 2.24) is 10.2 Å². The fraction of sp³-hybridized carbons (Fsp3) is 0.533. The number of piperazine rings is 1. The van der Waals surface area contributed by atoms with Gasteiger partial charge in [-0.3, -0.25) is 9.69 Å². The lowest BCUT2D eigenvalue weighted by molar-refractivity contribution is -0.129. The van der Waals surface area contributed by atoms with Crippen LogP contribution in [0.15, 0.2) is 24.3 Å². The van der Waals surface area contributed by atoms with Gasteiger partial charge in [0, 0.05) is 19.1 Å². The Hall–Kier alpha value is -1.39. The highest BCUT2D eigenvalue weighted by Gasteiger charge is 2.33. The van der Waals surface area contributed by atoms with E-state index >= 15 is 0 Å². The number of amides is 1. The van der Waals surface area contributed by atoms with E-state index in [9.17, 15) is 4.79 Å². The summed E-state index contributed by atoms with van der Waals surface area (Å²) in [6.45, 7) is 7.55. The van der Waals surface area contributed by atoms with Gasteiger partial charge in [0.1, 0.15) is 0 Å². The monoisotopic (exact) mass is 261 g/mol. The van der Waals surface area contributed by atoms with Gasteiger partial charge in [-0.05, 0) is 26.3 Å². The second-order valence-electron chi connectivity index (χ2n) is 5.42. The fourth-order valence-corrected chi connectivity index (χ4v) is 2.74. The number of benzene rings is 1. The largest absolute Gasteiger partial charge is 0.353 e. The van der Waals surface area contributed by atoms with Crippen molar-refractivity contribution < 1.29 is 4.79 Å². The molecule has 2 rings (SSSR count). The molecule has 3 N–H and O–H groups in total. The average Bonchev–Trinajstić information content (AvgIpc) is 2.37. The molecule has 1 aromatic carbocycles. The SMILES string of the molecule is Cc1ccc(C(C(C)N)N2CCNC(=O)C2C)cc1. The van der Waals surface area contributed by atoms with E-state index in [4.69, 9.17) is 5.73 Å². The van der Waals surface area contributed by atoms with Gasteiger partial charge in [0.2, 0.25) is 5.91 Å². The normalized spacial score (nSPS) is 23.8. The predicted octanol–water partition coefficient (Wildman–Crippen LogP) is 1.20. The van der Waals surface area contributed by atoms with Gasteiger partial charge in [0.15, 0.2) is 0 Å². The van der Waals surface area contributed by atoms with Crippen LogP contribution >= 0.6 is 0 Å². The van der Waals surface area contributed by atoms with E-state index in [1.54, 1.807) is 0 Å². The van der Waals surface area contributed by atoms with Crippen molar-refractivity contribution in [2.45, 2.75) is 38.9 Å². The predicted molar refractivity (Wildman–Crippen MR) is 76.7 cm³/mol. The number of nitrogens with two attached hydrogens (primary N) is 1. The smallest absolute Gasteiger partial charge is 0.237 e. The molecule has 1 fully saturated rings. The van der Waals surface area contributed by atoms with E-state index in [2.05, 4.69) is 41.4 Å². The van der Waals surface area contributed by atoms with Gasteiger partial charge < -0.3 is 11.1 Å². The molecule has 4 heteroatoms. The average molecular weight is 261 g/mol. The molecule has 0 aliphatic carbocycles. The molecule has 0 aromatic heterocycles. The van der Waals surface area contributed by atoms with Crippen molar-refractivity contribution in [3.63, 3.8) is 0 Å². The van der Waals surface area contributed by atoms with Crippen LogP contribution in [-0.2, 0) is 4.79 Å². The number of rotatable bonds is 3. The van der Waals surface area contributed by atoms with Crippen LogP contribution in [0.3, 0.4) is 0 Å². The summed E-state index contributed by atoms with van der Waals surface area (Å²) in [5.41, 5.74) is 8.59. The highest BCUT2D eigenvalue weighted by Crippen LogP contribution is 2.26. The molecule has 4 nitrogen and oxygen atoms in total. The summed E-state index contributed by atoms with van der Waals surface area (Å²) >= 11 is 0. The molecule has 1 amide bonds. The Kier molecular flexibility index (Phi) is 4.22. The van der Waals surface area contributed by atoms with Crippen LogP contribution in [0.5, 0.6) is 0 Å². The van der Waals surface area contributed by atoms with Crippen LogP contribution in [0, 0.1) is 6.92 Å². The summed E-state index contributed by atoms with van der Waals surface area (Å²) in [6.07, 6.45) is 0. The fourth-order valence-electron chi connectivity index (χ4n) is 2.74. The van der Waals surface area contributed by atoms with Crippen LogP contribution in [0.25, 0.3) is 0 Å². The molecular weight excluding hydrogens is 238 g/mol. The minimum atomic E-state index is -0.133. The Balaban J connectivity index is 2.29. The quantitative estimate of drug-likeness (QED) is 0.859. The maximum absolute atomic E-state index is 11.8. The Morgan fingerprint density at radius 3 is 2.58 bits per heavy atom. The van der Waals surface area contributed by atoms with Crippen LogP contribution in [0.1, 0.15) is 31.0 Å². The first kappa shape index (κ1) is 14.0. The number of hydrogen-bond acceptors (Lipinski definition) is 3. The first-order chi connectivity index (χ1) is 9.00. The molecule has 1 aromatic rings. The number of nitrogens with one attached hydrogen (secondary N) is 1. The summed E-state index contributed by atoms with van der Waals surface area (Å²) in [4.78, 5) is 14.0. The summed E-state index contributed by atoms with van der Waals surface area (Å²) in [5, 5.41) is 2.89. The van der Waals surface area contributed by atoms with Crippen LogP contribution < -0.4 is 11.1 Å². The Morgan fingerprint density at radius 1 is 1.37 bits per heavy atom. The van der Waals surface area contributed by atoms with Crippen molar-refractivity contribution in [3.8, 4) is 0 Å². The first-order valence-electron chi connectivity index (χ1n) is 6.86. The Bertz CT molecular complexity index is 441. The van der Waals surface area contributed by atoms with Crippen molar-refractivity contribution in [2.24, 2.45) is 5.73 Å². The number of nitrogens with zero attached hydrogens (tertiary/aromatic N) is 1. The van der Waals surface area contributed by atoms with Crippen LogP contribution in [0.2, 0.25) is 0 Å². The van der Waals surface area contributed by atoms with Gasteiger partial charge in [0.05, 0.1) is 12.1 Å². The van der Waals surface area contributed by atoms with E-state index in [0.717, 1.165) is 6.54 Å². The zero-order chi connectivity index (χ0) is 14.0. The van der Waals surface area contributed by atoms with Gasteiger partial charge >= 0.3 is 0 Å². The summed E-state index contributed by atoms with van der Waals surface area (Å²) in [7, 11) is 0. The lowest BCUT2D eigenvalue weighted by atomic mass is 9.96. The molecule has 19 heavy (non-hydrogen) atoms. The number of hydrogen-bond donors (Lipinski definition) is 2. The molecule has 3 unspecified atom stereocenters. The Labute approximate surface area is 115 Å². The van der Waals surface area contributed by atoms with Gasteiger partial charge in [-0.1, -0.05) is 29.8 Å². The lowest BCUT2D eigenvalue weighted by Crippen LogP contribution is -2.57. The second kappa shape index (κ2) is 5.72. The zero-order valence-electron chi connectivity index (χ0n) is 11.9. The van der Waals surface area contributed by atoms with Gasteiger partial charge in [-0.15, -0.1) is 0 Å². The highest BCUT2D eigenvalue weighted by atomic mass is 16.2. The van der Waals surface area contributed by atoms with Crippen molar-refractivity contribution in [1.29, 1.82) is 0 Å². The number of carbonyl (C=O) groups is 1. The number of carbonyl (C=O) groups excluding carboxylic acids is 1. The Morgan fingerprint density at radius 2 is 2.00 bits per heavy atom. The zero-order valence-corrected chi connectivity index (χ0v) is 11.9. The number of aryl methyl sites for hydroxylation is 1. The van der Waals surface area contributed by atoms with Gasteiger partial charge in [-0.2, -0.15) is 0 Å². The van der Waals surface area contributed by atoms with Gasteiger partial charge in [0.25, 0.3) is 0 Å². The lowest BCUT2D eigenvalue weighted by Gasteiger charge is -2.41. The van der Waals surface area contributed by atoms with Crippen LogP contribution in [-0.4, -0.2) is 36.0 Å². The summed E-state index contributed by atoms with van der Waals surface area (Å²) < 4.78 is 0. The molecule has 104 valence electrons. The van der Waals surface area contributed by atoms with Crippen molar-refractivity contribution in [3.05, 3.63) is 35.4 Å². The molecular formula is C15H23N3O. The standard InChI is InChI=1S/C15H23N3O/c1-10-4-6-13(7-5-10)14(11(2)16)18-9-8-17-15(19)12(18)3/h4-7,11-12,14H,8-9,16H2,1-3H3,(H,17,19). The molecule has 0 saturated carbocycles. The first-order valence-corrected chi connectivity index (χ1v) is 6.86. The van der Waals surface area contributed by atoms with Gasteiger partial charge in [-0.25, -0.2) is 0 Å². The van der Waals surface area contributed by atoms with E-state index in [0.29, 0.717) is 6.54 Å². The molecule has 0 spiro atoms. The molecule has 3 atom stereocenters. The third kappa shape index (κ3) is 2.96. The maximum Gasteiger partial charge on any atom is 0.237 e. The second-order valence-corrected chi connectivity index (χ2v) is 5.42. The molecule has 1 heterocycles. The van der Waals surface area contributed by atoms with Crippen molar-refractivity contribution in [2.75, 3.05) is 13.1 Å². The third-order valence-electron chi connectivity index (χ3n) is 3.82. The van der Waals surface area contributed by atoms with E-state index in [1.807, 2.05) is 13.8 Å². The highest BCUT2D eigenvalue weighted by molar-refractivity contribution is 5.82. The summed E-state index contributed by atoms with van der Waals surface area (Å²) in [6, 6.07) is 8.35. The van der Waals surface area contributed by atoms with Crippen molar-refractivity contribution >= 4 is 5.91 Å².